The van der Waals surface area contributed by atoms with E-state index in [9.17, 15) is 9.59 Å². The SMILES string of the molecule is CNC(=O)[C@@H](Cc1ccccc1)N(Cc1ccc(Cl)cc1Cl)C(=O)CCc1ccccc1Cl. The molecule has 0 aliphatic carbocycles. The Balaban J connectivity index is 1.91. The van der Waals surface area contributed by atoms with Crippen LogP contribution in [0.4, 0.5) is 0 Å². The second kappa shape index (κ2) is 12.1. The van der Waals surface area contributed by atoms with Crippen LogP contribution in [-0.4, -0.2) is 29.8 Å². The maximum absolute atomic E-state index is 13.5. The van der Waals surface area contributed by atoms with Crippen molar-refractivity contribution in [1.82, 2.24) is 10.2 Å². The summed E-state index contributed by atoms with van der Waals surface area (Å²) in [6.45, 7) is 0.183. The van der Waals surface area contributed by atoms with Crippen molar-refractivity contribution in [1.29, 1.82) is 0 Å². The summed E-state index contributed by atoms with van der Waals surface area (Å²) < 4.78 is 0. The Morgan fingerprint density at radius 1 is 0.879 bits per heavy atom. The minimum atomic E-state index is -0.706. The van der Waals surface area contributed by atoms with Gasteiger partial charge in [0.25, 0.3) is 0 Å². The summed E-state index contributed by atoms with van der Waals surface area (Å²) in [4.78, 5) is 28.0. The lowest BCUT2D eigenvalue weighted by Gasteiger charge is -2.31. The number of carbonyl (C=O) groups excluding carboxylic acids is 2. The lowest BCUT2D eigenvalue weighted by atomic mass is 10.0. The van der Waals surface area contributed by atoms with Crippen LogP contribution in [0.3, 0.4) is 0 Å². The summed E-state index contributed by atoms with van der Waals surface area (Å²) in [6.07, 6.45) is 1.05. The van der Waals surface area contributed by atoms with Gasteiger partial charge in [0.05, 0.1) is 0 Å². The predicted molar refractivity (Wildman–Crippen MR) is 135 cm³/mol. The Morgan fingerprint density at radius 3 is 2.24 bits per heavy atom. The van der Waals surface area contributed by atoms with Crippen LogP contribution in [0.15, 0.2) is 72.8 Å². The fourth-order valence-corrected chi connectivity index (χ4v) is 4.34. The standard InChI is InChI=1S/C26H25Cl3N2O2/c1-30-26(33)24(15-18-7-3-2-4-8-18)31(17-20-11-13-21(27)16-23(20)29)25(32)14-12-19-9-5-6-10-22(19)28/h2-11,13,16,24H,12,14-15,17H2,1H3,(H,30,33)/t24-/m1/s1. The molecule has 172 valence electrons. The fourth-order valence-electron chi connectivity index (χ4n) is 3.64. The summed E-state index contributed by atoms with van der Waals surface area (Å²) in [5.74, 6) is -0.402. The van der Waals surface area contributed by atoms with Crippen molar-refractivity contribution in [2.45, 2.75) is 31.8 Å². The molecule has 2 amide bonds. The van der Waals surface area contributed by atoms with Crippen molar-refractivity contribution in [3.8, 4) is 0 Å². The van der Waals surface area contributed by atoms with E-state index in [2.05, 4.69) is 5.32 Å². The van der Waals surface area contributed by atoms with Gasteiger partial charge in [-0.3, -0.25) is 9.59 Å². The van der Waals surface area contributed by atoms with Gasteiger partial charge in [-0.25, -0.2) is 0 Å². The Bertz CT molecular complexity index is 1110. The molecule has 0 radical (unpaired) electrons. The number of likely N-dealkylation sites (N-methyl/N-ethyl adjacent to an activating group) is 1. The number of amides is 2. The molecule has 3 aromatic rings. The van der Waals surface area contributed by atoms with Crippen LogP contribution in [0.1, 0.15) is 23.1 Å². The van der Waals surface area contributed by atoms with Crippen molar-refractivity contribution >= 4 is 46.6 Å². The molecule has 0 aliphatic rings. The summed E-state index contributed by atoms with van der Waals surface area (Å²) in [7, 11) is 1.57. The molecule has 7 heteroatoms. The molecular weight excluding hydrogens is 479 g/mol. The van der Waals surface area contributed by atoms with Gasteiger partial charge in [0.1, 0.15) is 6.04 Å². The van der Waals surface area contributed by atoms with Gasteiger partial charge in [-0.2, -0.15) is 0 Å². The first-order valence-corrected chi connectivity index (χ1v) is 11.7. The molecule has 1 N–H and O–H groups in total. The second-order valence-electron chi connectivity index (χ2n) is 7.67. The first-order valence-electron chi connectivity index (χ1n) is 10.6. The number of nitrogens with one attached hydrogen (secondary N) is 1. The average Bonchev–Trinajstić information content (AvgIpc) is 2.82. The zero-order valence-electron chi connectivity index (χ0n) is 18.2. The molecule has 0 fully saturated rings. The average molecular weight is 504 g/mol. The Hall–Kier alpha value is -2.53. The summed E-state index contributed by atoms with van der Waals surface area (Å²) in [5.41, 5.74) is 2.56. The van der Waals surface area contributed by atoms with Gasteiger partial charge in [-0.05, 0) is 41.3 Å². The highest BCUT2D eigenvalue weighted by atomic mass is 35.5. The van der Waals surface area contributed by atoms with E-state index < -0.39 is 6.04 Å². The normalized spacial score (nSPS) is 11.6. The summed E-state index contributed by atoms with van der Waals surface area (Å²) in [5, 5.41) is 4.27. The van der Waals surface area contributed by atoms with Gasteiger partial charge in [0.2, 0.25) is 11.8 Å². The second-order valence-corrected chi connectivity index (χ2v) is 8.92. The van der Waals surface area contributed by atoms with E-state index >= 15 is 0 Å². The van der Waals surface area contributed by atoms with Crippen LogP contribution in [-0.2, 0) is 29.0 Å². The van der Waals surface area contributed by atoms with Crippen molar-refractivity contribution < 1.29 is 9.59 Å². The van der Waals surface area contributed by atoms with E-state index in [0.717, 1.165) is 11.1 Å². The number of nitrogens with zero attached hydrogens (tertiary/aromatic N) is 1. The summed E-state index contributed by atoms with van der Waals surface area (Å²) >= 11 is 18.7. The van der Waals surface area contributed by atoms with Crippen LogP contribution >= 0.6 is 34.8 Å². The lowest BCUT2D eigenvalue weighted by Crippen LogP contribution is -2.49. The number of benzene rings is 3. The van der Waals surface area contributed by atoms with Crippen LogP contribution < -0.4 is 5.32 Å². The Morgan fingerprint density at radius 2 is 1.58 bits per heavy atom. The third-order valence-corrected chi connectivity index (χ3v) is 6.40. The van der Waals surface area contributed by atoms with E-state index in [0.29, 0.717) is 33.5 Å². The highest BCUT2D eigenvalue weighted by molar-refractivity contribution is 6.35. The van der Waals surface area contributed by atoms with Crippen molar-refractivity contribution in [3.05, 3.63) is 105 Å². The molecule has 0 heterocycles. The zero-order valence-corrected chi connectivity index (χ0v) is 20.5. The van der Waals surface area contributed by atoms with Crippen LogP contribution in [0.25, 0.3) is 0 Å². The number of aryl methyl sites for hydroxylation is 1. The molecule has 0 saturated carbocycles. The van der Waals surface area contributed by atoms with Gasteiger partial charge in [-0.15, -0.1) is 0 Å². The topological polar surface area (TPSA) is 49.4 Å². The van der Waals surface area contributed by atoms with E-state index in [1.54, 1.807) is 36.2 Å². The minimum Gasteiger partial charge on any atom is -0.357 e. The molecule has 3 rings (SSSR count). The van der Waals surface area contributed by atoms with Gasteiger partial charge in [0, 0.05) is 41.5 Å². The van der Waals surface area contributed by atoms with Gasteiger partial charge < -0.3 is 10.2 Å². The molecule has 3 aromatic carbocycles. The molecule has 1 atom stereocenters. The highest BCUT2D eigenvalue weighted by Gasteiger charge is 2.30. The van der Waals surface area contributed by atoms with Crippen molar-refractivity contribution in [3.63, 3.8) is 0 Å². The van der Waals surface area contributed by atoms with Crippen LogP contribution in [0.5, 0.6) is 0 Å². The predicted octanol–water partition coefficient (Wildman–Crippen LogP) is 5.97. The third kappa shape index (κ3) is 6.97. The molecule has 33 heavy (non-hydrogen) atoms. The monoisotopic (exact) mass is 502 g/mol. The highest BCUT2D eigenvalue weighted by Crippen LogP contribution is 2.25. The van der Waals surface area contributed by atoms with E-state index in [1.165, 1.54) is 0 Å². The van der Waals surface area contributed by atoms with E-state index in [-0.39, 0.29) is 24.8 Å². The Kier molecular flexibility index (Phi) is 9.19. The first kappa shape index (κ1) is 25.1. The van der Waals surface area contributed by atoms with Gasteiger partial charge >= 0.3 is 0 Å². The van der Waals surface area contributed by atoms with Crippen LogP contribution in [0.2, 0.25) is 15.1 Å². The minimum absolute atomic E-state index is 0.162. The summed E-state index contributed by atoms with van der Waals surface area (Å²) in [6, 6.07) is 21.5. The lowest BCUT2D eigenvalue weighted by molar-refractivity contribution is -0.141. The maximum Gasteiger partial charge on any atom is 0.242 e. The molecular formula is C26H25Cl3N2O2. The number of halogens is 3. The molecule has 0 aromatic heterocycles. The number of hydrogen-bond donors (Lipinski definition) is 1. The van der Waals surface area contributed by atoms with E-state index in [1.807, 2.05) is 48.5 Å². The third-order valence-electron chi connectivity index (χ3n) is 5.44. The number of rotatable bonds is 9. The molecule has 0 saturated heterocycles. The van der Waals surface area contributed by atoms with Gasteiger partial charge in [0.15, 0.2) is 0 Å². The number of carbonyl (C=O) groups is 2. The quantitative estimate of drug-likeness (QED) is 0.391. The molecule has 0 aliphatic heterocycles. The number of hydrogen-bond acceptors (Lipinski definition) is 2. The largest absolute Gasteiger partial charge is 0.357 e. The first-order chi connectivity index (χ1) is 15.9. The molecule has 0 bridgehead atoms. The van der Waals surface area contributed by atoms with Crippen LogP contribution in [0, 0.1) is 0 Å². The molecule has 4 nitrogen and oxygen atoms in total. The molecule has 0 unspecified atom stereocenters. The van der Waals surface area contributed by atoms with Crippen molar-refractivity contribution in [2.24, 2.45) is 0 Å². The van der Waals surface area contributed by atoms with Crippen molar-refractivity contribution in [2.75, 3.05) is 7.05 Å². The van der Waals surface area contributed by atoms with E-state index in [4.69, 9.17) is 34.8 Å². The smallest absolute Gasteiger partial charge is 0.242 e. The zero-order chi connectivity index (χ0) is 23.8. The Labute approximate surface area is 209 Å². The fraction of sp³-hybridized carbons (Fsp3) is 0.231. The van der Waals surface area contributed by atoms with Gasteiger partial charge in [-0.1, -0.05) is 89.4 Å². The maximum atomic E-state index is 13.5. The molecule has 0 spiro atoms.